The zero-order valence-corrected chi connectivity index (χ0v) is 14.5. The summed E-state index contributed by atoms with van der Waals surface area (Å²) in [5.41, 5.74) is 0. The fourth-order valence-corrected chi connectivity index (χ4v) is 5.21. The van der Waals surface area contributed by atoms with Crippen LogP contribution in [-0.2, 0) is 4.79 Å². The summed E-state index contributed by atoms with van der Waals surface area (Å²) in [6.45, 7) is 3.35. The highest BCUT2D eigenvalue weighted by atomic mass is 16.1. The van der Waals surface area contributed by atoms with Crippen molar-refractivity contribution in [1.29, 1.82) is 0 Å². The van der Waals surface area contributed by atoms with Crippen LogP contribution in [0.1, 0.15) is 83.5 Å². The Morgan fingerprint density at radius 3 is 1.91 bits per heavy atom. The van der Waals surface area contributed by atoms with Gasteiger partial charge in [0.2, 0.25) is 0 Å². The molecule has 126 valence electrons. The number of quaternary nitrogens is 1. The van der Waals surface area contributed by atoms with Crippen LogP contribution >= 0.6 is 0 Å². The van der Waals surface area contributed by atoms with Gasteiger partial charge in [-0.3, -0.25) is 4.79 Å². The number of carbonyl (C=O) groups is 1. The van der Waals surface area contributed by atoms with Crippen molar-refractivity contribution in [3.8, 4) is 0 Å². The van der Waals surface area contributed by atoms with Crippen molar-refractivity contribution in [2.75, 3.05) is 19.6 Å². The lowest BCUT2D eigenvalue weighted by molar-refractivity contribution is -0.898. The molecule has 0 unspecified atom stereocenters. The van der Waals surface area contributed by atoms with Crippen LogP contribution in [0.5, 0.6) is 0 Å². The molecule has 0 aromatic rings. The number of likely N-dealkylation sites (tertiary alicyclic amines) is 1. The summed E-state index contributed by atoms with van der Waals surface area (Å²) in [6, 6.07) is 0. The molecular formula is C20H36NO+. The zero-order chi connectivity index (χ0) is 15.2. The molecule has 3 fully saturated rings. The van der Waals surface area contributed by atoms with Crippen LogP contribution in [0.3, 0.4) is 0 Å². The Balaban J connectivity index is 1.35. The molecule has 3 aliphatic rings. The molecule has 2 nitrogen and oxygen atoms in total. The minimum absolute atomic E-state index is 0.418. The summed E-state index contributed by atoms with van der Waals surface area (Å²) in [5, 5.41) is 0. The zero-order valence-electron chi connectivity index (χ0n) is 14.5. The molecular weight excluding hydrogens is 270 g/mol. The maximum absolute atomic E-state index is 12.4. The van der Waals surface area contributed by atoms with Crippen LogP contribution in [-0.4, -0.2) is 25.4 Å². The molecule has 2 heteroatoms. The number of piperidine rings is 1. The Bertz CT molecular complexity index is 334. The summed E-state index contributed by atoms with van der Waals surface area (Å²) >= 11 is 0. The third-order valence-corrected chi connectivity index (χ3v) is 6.69. The fourth-order valence-electron chi connectivity index (χ4n) is 5.21. The Kier molecular flexibility index (Phi) is 6.35. The van der Waals surface area contributed by atoms with Gasteiger partial charge in [-0.1, -0.05) is 51.4 Å². The van der Waals surface area contributed by atoms with Crippen LogP contribution in [0.2, 0.25) is 0 Å². The van der Waals surface area contributed by atoms with E-state index in [4.69, 9.17) is 0 Å². The Hall–Kier alpha value is -0.370. The van der Waals surface area contributed by atoms with E-state index in [2.05, 4.69) is 0 Å². The molecule has 2 saturated carbocycles. The molecule has 0 amide bonds. The van der Waals surface area contributed by atoms with Crippen molar-refractivity contribution < 1.29 is 9.69 Å². The predicted molar refractivity (Wildman–Crippen MR) is 91.1 cm³/mol. The average molecular weight is 307 g/mol. The number of hydrogen-bond donors (Lipinski definition) is 1. The number of Topliss-reactive ketones (excluding diaryl/α,β-unsaturated/α-hetero) is 1. The van der Waals surface area contributed by atoms with Crippen molar-refractivity contribution in [3.05, 3.63) is 0 Å². The minimum atomic E-state index is 0.418. The average Bonchev–Trinajstić information content (AvgIpc) is 2.58. The van der Waals surface area contributed by atoms with Crippen LogP contribution < -0.4 is 4.90 Å². The lowest BCUT2D eigenvalue weighted by atomic mass is 9.79. The van der Waals surface area contributed by atoms with Crippen molar-refractivity contribution in [2.45, 2.75) is 83.5 Å². The molecule has 0 atom stereocenters. The first-order valence-corrected chi connectivity index (χ1v) is 10.2. The predicted octanol–water partition coefficient (Wildman–Crippen LogP) is 3.40. The summed E-state index contributed by atoms with van der Waals surface area (Å²) < 4.78 is 0. The molecule has 1 saturated heterocycles. The first kappa shape index (κ1) is 16.5. The highest BCUT2D eigenvalue weighted by Gasteiger charge is 2.29. The van der Waals surface area contributed by atoms with E-state index in [1.807, 2.05) is 0 Å². The summed E-state index contributed by atoms with van der Waals surface area (Å²) in [6.07, 6.45) is 17.9. The van der Waals surface area contributed by atoms with Gasteiger partial charge in [-0.05, 0) is 43.9 Å². The first-order chi connectivity index (χ1) is 10.8. The van der Waals surface area contributed by atoms with E-state index in [1.165, 1.54) is 96.6 Å². The largest absolute Gasteiger partial charge is 0.329 e. The molecule has 0 aromatic carbocycles. The minimum Gasteiger partial charge on any atom is -0.329 e. The third-order valence-electron chi connectivity index (χ3n) is 6.69. The highest BCUT2D eigenvalue weighted by Crippen LogP contribution is 2.31. The van der Waals surface area contributed by atoms with Gasteiger partial charge in [0, 0.05) is 5.92 Å². The second-order valence-electron chi connectivity index (χ2n) is 8.41. The lowest BCUT2D eigenvalue weighted by Gasteiger charge is -2.33. The monoisotopic (exact) mass is 306 g/mol. The maximum atomic E-state index is 12.4. The summed E-state index contributed by atoms with van der Waals surface area (Å²) in [4.78, 5) is 14.0. The normalized spacial score (nSPS) is 32.0. The van der Waals surface area contributed by atoms with Crippen LogP contribution in [0, 0.1) is 17.8 Å². The van der Waals surface area contributed by atoms with Gasteiger partial charge in [0.15, 0.2) is 5.78 Å². The van der Waals surface area contributed by atoms with Crippen molar-refractivity contribution in [1.82, 2.24) is 0 Å². The van der Waals surface area contributed by atoms with Gasteiger partial charge >= 0.3 is 0 Å². The van der Waals surface area contributed by atoms with Crippen LogP contribution in [0.4, 0.5) is 0 Å². The number of hydrogen-bond acceptors (Lipinski definition) is 1. The number of carbonyl (C=O) groups excluding carboxylic acids is 1. The molecule has 0 spiro atoms. The molecule has 0 bridgehead atoms. The van der Waals surface area contributed by atoms with Gasteiger partial charge in [-0.2, -0.15) is 0 Å². The quantitative estimate of drug-likeness (QED) is 0.826. The number of ketones is 1. The van der Waals surface area contributed by atoms with Crippen molar-refractivity contribution in [3.63, 3.8) is 0 Å². The number of nitrogens with one attached hydrogen (secondary N) is 1. The Morgan fingerprint density at radius 2 is 1.27 bits per heavy atom. The van der Waals surface area contributed by atoms with Crippen LogP contribution in [0.25, 0.3) is 0 Å². The molecule has 0 radical (unpaired) electrons. The van der Waals surface area contributed by atoms with E-state index in [0.717, 1.165) is 18.4 Å². The van der Waals surface area contributed by atoms with Crippen LogP contribution in [0.15, 0.2) is 0 Å². The lowest BCUT2D eigenvalue weighted by Crippen LogP contribution is -3.14. The van der Waals surface area contributed by atoms with E-state index in [1.54, 1.807) is 4.90 Å². The molecule has 0 aromatic heterocycles. The summed E-state index contributed by atoms with van der Waals surface area (Å²) in [5.74, 6) is 3.00. The standard InChI is InChI=1S/C20H35NO/c22-20(19-9-5-2-6-10-19)16-21-13-11-18(12-14-21)15-17-7-3-1-4-8-17/h17-19H,1-16H2/p+1. The molecule has 1 heterocycles. The maximum Gasteiger partial charge on any atom is 0.189 e. The highest BCUT2D eigenvalue weighted by molar-refractivity contribution is 5.81. The van der Waals surface area contributed by atoms with Gasteiger partial charge in [0.05, 0.1) is 13.1 Å². The molecule has 3 rings (SSSR count). The molecule has 22 heavy (non-hydrogen) atoms. The van der Waals surface area contributed by atoms with Gasteiger partial charge in [-0.15, -0.1) is 0 Å². The Morgan fingerprint density at radius 1 is 0.727 bits per heavy atom. The smallest absolute Gasteiger partial charge is 0.189 e. The summed E-state index contributed by atoms with van der Waals surface area (Å²) in [7, 11) is 0. The molecule has 1 N–H and O–H groups in total. The SMILES string of the molecule is O=C(C[NH+]1CCC(CC2CCCCC2)CC1)C1CCCCC1. The second kappa shape index (κ2) is 8.47. The molecule has 2 aliphatic carbocycles. The van der Waals surface area contributed by atoms with Crippen molar-refractivity contribution in [2.24, 2.45) is 17.8 Å². The number of rotatable bonds is 5. The fraction of sp³-hybridized carbons (Fsp3) is 0.950. The third kappa shape index (κ3) is 4.81. The first-order valence-electron chi connectivity index (χ1n) is 10.2. The van der Waals surface area contributed by atoms with E-state index in [0.29, 0.717) is 11.7 Å². The van der Waals surface area contributed by atoms with Gasteiger partial charge < -0.3 is 4.90 Å². The molecule has 1 aliphatic heterocycles. The van der Waals surface area contributed by atoms with Gasteiger partial charge in [0.25, 0.3) is 0 Å². The van der Waals surface area contributed by atoms with E-state index in [9.17, 15) is 4.79 Å². The van der Waals surface area contributed by atoms with E-state index < -0.39 is 0 Å². The van der Waals surface area contributed by atoms with Gasteiger partial charge in [-0.25, -0.2) is 0 Å². The Labute approximate surface area is 137 Å². The van der Waals surface area contributed by atoms with E-state index in [-0.39, 0.29) is 0 Å². The van der Waals surface area contributed by atoms with Gasteiger partial charge in [0.1, 0.15) is 6.54 Å². The van der Waals surface area contributed by atoms with E-state index >= 15 is 0 Å². The second-order valence-corrected chi connectivity index (χ2v) is 8.41. The topological polar surface area (TPSA) is 21.5 Å². The van der Waals surface area contributed by atoms with Crippen molar-refractivity contribution >= 4 is 5.78 Å².